The van der Waals surface area contributed by atoms with Gasteiger partial charge in [0.25, 0.3) is 0 Å². The van der Waals surface area contributed by atoms with E-state index in [1.165, 1.54) is 11.3 Å². The summed E-state index contributed by atoms with van der Waals surface area (Å²) in [6, 6.07) is 28.3. The number of ketones is 1. The molecule has 208 valence electrons. The minimum Gasteiger partial charge on any atom is -0.444 e. The van der Waals surface area contributed by atoms with Crippen molar-refractivity contribution in [2.75, 3.05) is 0 Å². The lowest BCUT2D eigenvalue weighted by Gasteiger charge is -2.29. The molecule has 0 aliphatic rings. The fourth-order valence-corrected chi connectivity index (χ4v) is 5.54. The standard InChI is InChI=1S/C33H36N2O4S/c1-33(2,3)39-32(38)35-27(20-24-15-9-5-10-16-24)28(36)21-26(19-23-13-7-4-8-14-23)31-34-22-29(40-31)30(37)25-17-11-6-12-18-25/h4-18,22,26-28,36H,19-21H2,1-3H3,(H,35,38)/t26-,27+,28+/m1/s1. The van der Waals surface area contributed by atoms with Crippen LogP contribution in [0.3, 0.4) is 0 Å². The van der Waals surface area contributed by atoms with E-state index in [1.807, 2.05) is 99.6 Å². The summed E-state index contributed by atoms with van der Waals surface area (Å²) >= 11 is 1.36. The van der Waals surface area contributed by atoms with Gasteiger partial charge in [0.05, 0.1) is 22.0 Å². The summed E-state index contributed by atoms with van der Waals surface area (Å²) in [5.74, 6) is -0.240. The van der Waals surface area contributed by atoms with Crippen LogP contribution in [0.15, 0.2) is 97.2 Å². The maximum atomic E-state index is 13.1. The molecule has 0 aliphatic carbocycles. The first-order valence-electron chi connectivity index (χ1n) is 13.5. The summed E-state index contributed by atoms with van der Waals surface area (Å²) in [6.07, 6.45) is 1.58. The third kappa shape index (κ3) is 8.60. The van der Waals surface area contributed by atoms with E-state index in [0.29, 0.717) is 29.7 Å². The first-order valence-corrected chi connectivity index (χ1v) is 14.3. The highest BCUT2D eigenvalue weighted by Crippen LogP contribution is 2.31. The highest BCUT2D eigenvalue weighted by molar-refractivity contribution is 7.13. The lowest BCUT2D eigenvalue weighted by Crippen LogP contribution is -2.47. The third-order valence-electron chi connectivity index (χ3n) is 6.45. The van der Waals surface area contributed by atoms with Crippen LogP contribution in [0.2, 0.25) is 0 Å². The Labute approximate surface area is 240 Å². The zero-order valence-corrected chi connectivity index (χ0v) is 23.9. The molecule has 1 aromatic heterocycles. The maximum absolute atomic E-state index is 13.1. The van der Waals surface area contributed by atoms with Gasteiger partial charge in [0.2, 0.25) is 5.78 Å². The van der Waals surface area contributed by atoms with E-state index in [-0.39, 0.29) is 11.7 Å². The van der Waals surface area contributed by atoms with Gasteiger partial charge in [-0.05, 0) is 51.2 Å². The van der Waals surface area contributed by atoms with E-state index < -0.39 is 23.8 Å². The lowest BCUT2D eigenvalue weighted by molar-refractivity contribution is 0.0405. The van der Waals surface area contributed by atoms with Crippen LogP contribution < -0.4 is 5.32 Å². The number of carbonyl (C=O) groups excluding carboxylic acids is 2. The molecule has 40 heavy (non-hydrogen) atoms. The molecule has 0 fully saturated rings. The predicted molar refractivity (Wildman–Crippen MR) is 159 cm³/mol. The number of rotatable bonds is 11. The summed E-state index contributed by atoms with van der Waals surface area (Å²) in [7, 11) is 0. The van der Waals surface area contributed by atoms with Crippen LogP contribution in [0.1, 0.15) is 64.5 Å². The molecule has 6 nitrogen and oxygen atoms in total. The van der Waals surface area contributed by atoms with Crippen LogP contribution in [0, 0.1) is 0 Å². The number of amides is 1. The van der Waals surface area contributed by atoms with Gasteiger partial charge in [0.15, 0.2) is 0 Å². The van der Waals surface area contributed by atoms with Crippen molar-refractivity contribution in [1.82, 2.24) is 10.3 Å². The smallest absolute Gasteiger partial charge is 0.407 e. The molecule has 1 heterocycles. The Hall–Kier alpha value is -3.81. The van der Waals surface area contributed by atoms with Crippen molar-refractivity contribution >= 4 is 23.2 Å². The zero-order chi connectivity index (χ0) is 28.5. The van der Waals surface area contributed by atoms with Crippen LogP contribution in [-0.2, 0) is 17.6 Å². The van der Waals surface area contributed by atoms with Crippen molar-refractivity contribution in [3.63, 3.8) is 0 Å². The number of alkyl carbamates (subject to hydrolysis) is 1. The van der Waals surface area contributed by atoms with Crippen molar-refractivity contribution in [3.8, 4) is 0 Å². The lowest BCUT2D eigenvalue weighted by atomic mass is 9.89. The zero-order valence-electron chi connectivity index (χ0n) is 23.1. The third-order valence-corrected chi connectivity index (χ3v) is 7.61. The Balaban J connectivity index is 1.58. The van der Waals surface area contributed by atoms with Crippen LogP contribution >= 0.6 is 11.3 Å². The Bertz CT molecular complexity index is 1370. The van der Waals surface area contributed by atoms with E-state index in [9.17, 15) is 14.7 Å². The molecule has 0 radical (unpaired) electrons. The minimum atomic E-state index is -0.890. The highest BCUT2D eigenvalue weighted by Gasteiger charge is 2.29. The van der Waals surface area contributed by atoms with E-state index in [4.69, 9.17) is 4.74 Å². The summed E-state index contributed by atoms with van der Waals surface area (Å²) in [5.41, 5.74) is 2.05. The first-order chi connectivity index (χ1) is 19.2. The first kappa shape index (κ1) is 29.2. The number of thiazole rings is 1. The molecule has 0 unspecified atom stereocenters. The van der Waals surface area contributed by atoms with Crippen molar-refractivity contribution in [2.24, 2.45) is 0 Å². The fraction of sp³-hybridized carbons (Fsp3) is 0.303. The number of nitrogens with zero attached hydrogens (tertiary/aromatic N) is 1. The number of benzene rings is 3. The van der Waals surface area contributed by atoms with Crippen molar-refractivity contribution in [2.45, 2.75) is 63.7 Å². The molecule has 3 aromatic carbocycles. The number of nitrogens with one attached hydrogen (secondary N) is 1. The minimum absolute atomic E-state index is 0.0723. The average Bonchev–Trinajstić information content (AvgIpc) is 3.43. The molecule has 4 rings (SSSR count). The van der Waals surface area contributed by atoms with Crippen LogP contribution in [0.5, 0.6) is 0 Å². The monoisotopic (exact) mass is 556 g/mol. The summed E-state index contributed by atoms with van der Waals surface area (Å²) in [6.45, 7) is 5.42. The molecular formula is C33H36N2O4S. The molecule has 0 saturated carbocycles. The molecule has 1 amide bonds. The van der Waals surface area contributed by atoms with E-state index in [0.717, 1.165) is 16.1 Å². The van der Waals surface area contributed by atoms with E-state index in [1.54, 1.807) is 18.3 Å². The van der Waals surface area contributed by atoms with Gasteiger partial charge in [-0.25, -0.2) is 9.78 Å². The molecule has 2 N–H and O–H groups in total. The number of carbonyl (C=O) groups is 2. The SMILES string of the molecule is CC(C)(C)OC(=O)N[C@@H](Cc1ccccc1)[C@@H](O)C[C@@H](Cc1ccccc1)c1ncc(C(=O)c2ccccc2)s1. The van der Waals surface area contributed by atoms with Crippen molar-refractivity contribution < 1.29 is 19.4 Å². The van der Waals surface area contributed by atoms with Gasteiger partial charge in [-0.3, -0.25) is 4.79 Å². The molecule has 7 heteroatoms. The Morgan fingerprint density at radius 1 is 0.875 bits per heavy atom. The topological polar surface area (TPSA) is 88.5 Å². The van der Waals surface area contributed by atoms with E-state index in [2.05, 4.69) is 10.3 Å². The Morgan fingerprint density at radius 2 is 1.43 bits per heavy atom. The Morgan fingerprint density at radius 3 is 2.00 bits per heavy atom. The molecular weight excluding hydrogens is 520 g/mol. The van der Waals surface area contributed by atoms with Crippen LogP contribution in [-0.4, -0.2) is 39.7 Å². The van der Waals surface area contributed by atoms with Gasteiger partial charge in [-0.15, -0.1) is 11.3 Å². The molecule has 3 atom stereocenters. The summed E-state index contributed by atoms with van der Waals surface area (Å²) < 4.78 is 5.50. The second kappa shape index (κ2) is 13.5. The summed E-state index contributed by atoms with van der Waals surface area (Å²) in [5, 5.41) is 15.2. The van der Waals surface area contributed by atoms with Crippen LogP contribution in [0.25, 0.3) is 0 Å². The van der Waals surface area contributed by atoms with E-state index >= 15 is 0 Å². The van der Waals surface area contributed by atoms with Gasteiger partial charge >= 0.3 is 6.09 Å². The fourth-order valence-electron chi connectivity index (χ4n) is 4.55. The number of aliphatic hydroxyl groups is 1. The molecule has 0 bridgehead atoms. The number of hydrogen-bond acceptors (Lipinski definition) is 6. The predicted octanol–water partition coefficient (Wildman–Crippen LogP) is 6.59. The number of hydrogen-bond donors (Lipinski definition) is 2. The van der Waals surface area contributed by atoms with Gasteiger partial charge < -0.3 is 15.2 Å². The molecule has 0 aliphatic heterocycles. The van der Waals surface area contributed by atoms with Crippen molar-refractivity contribution in [1.29, 1.82) is 0 Å². The Kier molecular flexibility index (Phi) is 9.85. The van der Waals surface area contributed by atoms with Gasteiger partial charge in [0.1, 0.15) is 5.60 Å². The van der Waals surface area contributed by atoms with Gasteiger partial charge in [0, 0.05) is 17.7 Å². The number of ether oxygens (including phenoxy) is 1. The highest BCUT2D eigenvalue weighted by atomic mass is 32.1. The normalized spacial score (nSPS) is 13.7. The average molecular weight is 557 g/mol. The van der Waals surface area contributed by atoms with Gasteiger partial charge in [-0.1, -0.05) is 91.0 Å². The number of aliphatic hydroxyl groups excluding tert-OH is 1. The molecule has 4 aromatic rings. The summed E-state index contributed by atoms with van der Waals surface area (Å²) in [4.78, 5) is 31.0. The van der Waals surface area contributed by atoms with Crippen LogP contribution in [0.4, 0.5) is 4.79 Å². The second-order valence-corrected chi connectivity index (χ2v) is 12.0. The molecule has 0 spiro atoms. The second-order valence-electron chi connectivity index (χ2n) is 10.9. The van der Waals surface area contributed by atoms with Crippen molar-refractivity contribution in [3.05, 3.63) is 124 Å². The number of aromatic nitrogens is 1. The maximum Gasteiger partial charge on any atom is 0.407 e. The molecule has 0 saturated heterocycles. The largest absolute Gasteiger partial charge is 0.444 e. The quantitative estimate of drug-likeness (QED) is 0.204. The van der Waals surface area contributed by atoms with Gasteiger partial charge in [-0.2, -0.15) is 0 Å².